The van der Waals surface area contributed by atoms with Gasteiger partial charge in [0.2, 0.25) is 5.95 Å². The number of nitrogens with two attached hydrogens (primary N) is 2. The van der Waals surface area contributed by atoms with Crippen LogP contribution in [0, 0.1) is 0 Å². The van der Waals surface area contributed by atoms with E-state index in [-0.39, 0.29) is 5.95 Å². The zero-order valence-corrected chi connectivity index (χ0v) is 9.60. The van der Waals surface area contributed by atoms with E-state index in [1.54, 1.807) is 6.07 Å². The monoisotopic (exact) mass is 233 g/mol. The molecule has 0 saturated carbocycles. The van der Waals surface area contributed by atoms with Gasteiger partial charge in [0, 0.05) is 5.56 Å². The molecule has 0 fully saturated rings. The molecule has 0 aliphatic carbocycles. The predicted octanol–water partition coefficient (Wildman–Crippen LogP) is 1.42. The van der Waals surface area contributed by atoms with E-state index in [1.165, 1.54) is 0 Å². The van der Waals surface area contributed by atoms with Crippen molar-refractivity contribution in [2.45, 2.75) is 13.3 Å². The van der Waals surface area contributed by atoms with Gasteiger partial charge in [0.25, 0.3) is 0 Å². The molecule has 0 amide bonds. The summed E-state index contributed by atoms with van der Waals surface area (Å²) in [6.07, 6.45) is 0.944. The van der Waals surface area contributed by atoms with Crippen LogP contribution < -0.4 is 16.2 Å². The molecule has 90 valence electrons. The highest BCUT2D eigenvalue weighted by molar-refractivity contribution is 5.66. The maximum Gasteiger partial charge on any atom is 0.239 e. The number of benzene rings is 1. The molecule has 6 nitrogen and oxygen atoms in total. The van der Waals surface area contributed by atoms with Crippen LogP contribution in [0.4, 0.5) is 11.6 Å². The highest BCUT2D eigenvalue weighted by Gasteiger charge is 2.06. The third-order valence-corrected chi connectivity index (χ3v) is 2.25. The van der Waals surface area contributed by atoms with Gasteiger partial charge in [-0.15, -0.1) is 5.10 Å². The summed E-state index contributed by atoms with van der Waals surface area (Å²) in [4.78, 5) is 4.03. The van der Waals surface area contributed by atoms with Gasteiger partial charge in [-0.3, -0.25) is 5.10 Å². The van der Waals surface area contributed by atoms with Gasteiger partial charge in [-0.2, -0.15) is 4.98 Å². The minimum Gasteiger partial charge on any atom is -0.491 e. The van der Waals surface area contributed by atoms with Gasteiger partial charge in [0.1, 0.15) is 5.75 Å². The number of aromatic nitrogens is 3. The molecule has 1 aromatic carbocycles. The number of nitrogen functional groups attached to an aromatic ring is 2. The van der Waals surface area contributed by atoms with Crippen molar-refractivity contribution < 1.29 is 4.74 Å². The molecule has 1 heterocycles. The first-order chi connectivity index (χ1) is 8.20. The minimum atomic E-state index is 0.213. The van der Waals surface area contributed by atoms with Crippen LogP contribution in [0.5, 0.6) is 5.75 Å². The second-order valence-electron chi connectivity index (χ2n) is 3.64. The van der Waals surface area contributed by atoms with Crippen LogP contribution in [0.2, 0.25) is 0 Å². The SMILES string of the molecule is CCCOc1ccc(-c2nc(N)n[nH]2)cc1N. The molecule has 0 aliphatic heterocycles. The number of aromatic amines is 1. The summed E-state index contributed by atoms with van der Waals surface area (Å²) in [6, 6.07) is 5.46. The average Bonchev–Trinajstić information content (AvgIpc) is 2.74. The fourth-order valence-electron chi connectivity index (χ4n) is 1.44. The van der Waals surface area contributed by atoms with E-state index in [0.717, 1.165) is 12.0 Å². The van der Waals surface area contributed by atoms with E-state index in [9.17, 15) is 0 Å². The van der Waals surface area contributed by atoms with Crippen LogP contribution in [-0.2, 0) is 0 Å². The Balaban J connectivity index is 2.24. The topological polar surface area (TPSA) is 103 Å². The van der Waals surface area contributed by atoms with E-state index >= 15 is 0 Å². The van der Waals surface area contributed by atoms with Gasteiger partial charge < -0.3 is 16.2 Å². The molecular formula is C11H15N5O. The van der Waals surface area contributed by atoms with Crippen LogP contribution in [0.15, 0.2) is 18.2 Å². The van der Waals surface area contributed by atoms with E-state index in [2.05, 4.69) is 15.2 Å². The Morgan fingerprint density at radius 1 is 1.35 bits per heavy atom. The Labute approximate surface area is 99.0 Å². The summed E-state index contributed by atoms with van der Waals surface area (Å²) in [5.74, 6) is 1.49. The summed E-state index contributed by atoms with van der Waals surface area (Å²) in [7, 11) is 0. The molecule has 6 heteroatoms. The van der Waals surface area contributed by atoms with Crippen molar-refractivity contribution >= 4 is 11.6 Å². The van der Waals surface area contributed by atoms with Gasteiger partial charge in [-0.25, -0.2) is 0 Å². The van der Waals surface area contributed by atoms with E-state index in [4.69, 9.17) is 16.2 Å². The smallest absolute Gasteiger partial charge is 0.239 e. The van der Waals surface area contributed by atoms with Crippen LogP contribution in [0.25, 0.3) is 11.4 Å². The number of H-pyrrole nitrogens is 1. The molecule has 0 atom stereocenters. The van der Waals surface area contributed by atoms with E-state index in [0.29, 0.717) is 23.9 Å². The Bertz CT molecular complexity index is 508. The lowest BCUT2D eigenvalue weighted by Gasteiger charge is -2.08. The molecule has 0 spiro atoms. The number of ether oxygens (including phenoxy) is 1. The Morgan fingerprint density at radius 3 is 2.76 bits per heavy atom. The van der Waals surface area contributed by atoms with Crippen molar-refractivity contribution in [2.24, 2.45) is 0 Å². The molecule has 0 unspecified atom stereocenters. The molecule has 5 N–H and O–H groups in total. The fraction of sp³-hybridized carbons (Fsp3) is 0.273. The summed E-state index contributed by atoms with van der Waals surface area (Å²) in [5, 5.41) is 6.49. The van der Waals surface area contributed by atoms with E-state index < -0.39 is 0 Å². The van der Waals surface area contributed by atoms with Crippen LogP contribution in [-0.4, -0.2) is 21.8 Å². The van der Waals surface area contributed by atoms with Gasteiger partial charge in [-0.05, 0) is 24.6 Å². The molecule has 2 aromatic rings. The largest absolute Gasteiger partial charge is 0.491 e. The van der Waals surface area contributed by atoms with Crippen molar-refractivity contribution in [3.05, 3.63) is 18.2 Å². The van der Waals surface area contributed by atoms with Crippen molar-refractivity contribution in [1.82, 2.24) is 15.2 Å². The maximum absolute atomic E-state index is 5.89. The summed E-state index contributed by atoms with van der Waals surface area (Å²) in [6.45, 7) is 2.70. The van der Waals surface area contributed by atoms with Gasteiger partial charge in [0.15, 0.2) is 5.82 Å². The molecule has 2 rings (SSSR count). The molecule has 0 bridgehead atoms. The molecule has 0 aliphatic rings. The molecular weight excluding hydrogens is 218 g/mol. The van der Waals surface area contributed by atoms with Crippen molar-refractivity contribution in [3.63, 3.8) is 0 Å². The molecule has 0 saturated heterocycles. The lowest BCUT2D eigenvalue weighted by Crippen LogP contribution is -1.99. The fourth-order valence-corrected chi connectivity index (χ4v) is 1.44. The molecule has 1 aromatic heterocycles. The number of nitrogens with one attached hydrogen (secondary N) is 1. The van der Waals surface area contributed by atoms with Crippen molar-refractivity contribution in [2.75, 3.05) is 18.1 Å². The van der Waals surface area contributed by atoms with Crippen LogP contribution in [0.3, 0.4) is 0 Å². The zero-order chi connectivity index (χ0) is 12.3. The number of hydrogen-bond acceptors (Lipinski definition) is 5. The Kier molecular flexibility index (Phi) is 3.13. The summed E-state index contributed by atoms with van der Waals surface area (Å²) >= 11 is 0. The first-order valence-corrected chi connectivity index (χ1v) is 5.41. The van der Waals surface area contributed by atoms with Gasteiger partial charge in [-0.1, -0.05) is 6.92 Å². The Hall–Kier alpha value is -2.24. The second-order valence-corrected chi connectivity index (χ2v) is 3.64. The summed E-state index contributed by atoms with van der Waals surface area (Å²) in [5.41, 5.74) is 12.7. The lowest BCUT2D eigenvalue weighted by atomic mass is 10.2. The Morgan fingerprint density at radius 2 is 2.18 bits per heavy atom. The predicted molar refractivity (Wildman–Crippen MR) is 66.4 cm³/mol. The maximum atomic E-state index is 5.89. The average molecular weight is 233 g/mol. The summed E-state index contributed by atoms with van der Waals surface area (Å²) < 4.78 is 5.49. The molecule has 0 radical (unpaired) electrons. The van der Waals surface area contributed by atoms with Crippen LogP contribution >= 0.6 is 0 Å². The van der Waals surface area contributed by atoms with Gasteiger partial charge in [0.05, 0.1) is 12.3 Å². The highest BCUT2D eigenvalue weighted by Crippen LogP contribution is 2.27. The third-order valence-electron chi connectivity index (χ3n) is 2.25. The second kappa shape index (κ2) is 4.73. The normalized spacial score (nSPS) is 10.4. The standard InChI is InChI=1S/C11H15N5O/c1-2-5-17-9-4-3-7(6-8(9)12)10-14-11(13)16-15-10/h3-4,6H,2,5,12H2,1H3,(H3,13,14,15,16). The minimum absolute atomic E-state index is 0.213. The van der Waals surface area contributed by atoms with Gasteiger partial charge >= 0.3 is 0 Å². The zero-order valence-electron chi connectivity index (χ0n) is 9.60. The highest BCUT2D eigenvalue weighted by atomic mass is 16.5. The number of hydrogen-bond donors (Lipinski definition) is 3. The third kappa shape index (κ3) is 2.47. The number of rotatable bonds is 4. The van der Waals surface area contributed by atoms with Crippen molar-refractivity contribution in [3.8, 4) is 17.1 Å². The first-order valence-electron chi connectivity index (χ1n) is 5.41. The van der Waals surface area contributed by atoms with Crippen molar-refractivity contribution in [1.29, 1.82) is 0 Å². The molecule has 17 heavy (non-hydrogen) atoms. The quantitative estimate of drug-likeness (QED) is 0.693. The van der Waals surface area contributed by atoms with E-state index in [1.807, 2.05) is 19.1 Å². The number of anilines is 2. The first kappa shape index (κ1) is 11.3. The lowest BCUT2D eigenvalue weighted by molar-refractivity contribution is 0.319. The van der Waals surface area contributed by atoms with Crippen LogP contribution in [0.1, 0.15) is 13.3 Å². The number of nitrogens with zero attached hydrogens (tertiary/aromatic N) is 2.